The average Bonchev–Trinajstić information content (AvgIpc) is 3.24. The SMILES string of the molecule is C1=CC(c2ccccc2)(c2cc3ccccc3s2)Oc2ccc3ccccc3c21. The molecule has 0 saturated carbocycles. The Labute approximate surface area is 173 Å². The topological polar surface area (TPSA) is 9.23 Å². The number of thiophene rings is 1. The van der Waals surface area contributed by atoms with Gasteiger partial charge >= 0.3 is 0 Å². The van der Waals surface area contributed by atoms with Crippen LogP contribution in [-0.4, -0.2) is 0 Å². The normalized spacial score (nSPS) is 17.9. The van der Waals surface area contributed by atoms with Gasteiger partial charge in [-0.3, -0.25) is 0 Å². The van der Waals surface area contributed by atoms with Gasteiger partial charge in [0, 0.05) is 15.8 Å². The third-order valence-electron chi connectivity index (χ3n) is 5.68. The second-order valence-corrected chi connectivity index (χ2v) is 8.47. The Balaban J connectivity index is 1.60. The molecule has 0 bridgehead atoms. The Morgan fingerprint density at radius 1 is 0.690 bits per heavy atom. The monoisotopic (exact) mass is 390 g/mol. The van der Waals surface area contributed by atoms with Crippen molar-refractivity contribution in [3.8, 4) is 5.75 Å². The highest BCUT2D eigenvalue weighted by Crippen LogP contribution is 2.47. The highest BCUT2D eigenvalue weighted by molar-refractivity contribution is 7.19. The maximum atomic E-state index is 6.85. The lowest BCUT2D eigenvalue weighted by Crippen LogP contribution is -2.33. The van der Waals surface area contributed by atoms with Gasteiger partial charge in [-0.15, -0.1) is 11.3 Å². The van der Waals surface area contributed by atoms with Crippen LogP contribution in [0.2, 0.25) is 0 Å². The van der Waals surface area contributed by atoms with Crippen molar-refractivity contribution in [3.05, 3.63) is 119 Å². The molecule has 138 valence electrons. The predicted octanol–water partition coefficient (Wildman–Crippen LogP) is 7.40. The summed E-state index contributed by atoms with van der Waals surface area (Å²) < 4.78 is 8.13. The summed E-state index contributed by atoms with van der Waals surface area (Å²) >= 11 is 1.80. The lowest BCUT2D eigenvalue weighted by molar-refractivity contribution is 0.165. The molecule has 0 fully saturated rings. The molecule has 0 spiro atoms. The third-order valence-corrected chi connectivity index (χ3v) is 6.91. The fourth-order valence-corrected chi connectivity index (χ4v) is 5.42. The number of rotatable bonds is 2. The van der Waals surface area contributed by atoms with E-state index in [1.54, 1.807) is 11.3 Å². The minimum absolute atomic E-state index is 0.625. The molecular weight excluding hydrogens is 372 g/mol. The molecule has 5 aromatic rings. The molecule has 2 heterocycles. The largest absolute Gasteiger partial charge is 0.472 e. The lowest BCUT2D eigenvalue weighted by Gasteiger charge is -2.35. The van der Waals surface area contributed by atoms with Crippen molar-refractivity contribution in [3.63, 3.8) is 0 Å². The maximum Gasteiger partial charge on any atom is 0.187 e. The standard InChI is InChI=1S/C27H18OS/c1-2-10-21(11-3-1)27(26-18-20-9-5-7-13-25(20)29-26)17-16-23-22-12-6-4-8-19(22)14-15-24(23)28-27/h1-18H. The van der Waals surface area contributed by atoms with E-state index in [2.05, 4.69) is 109 Å². The zero-order valence-electron chi connectivity index (χ0n) is 15.7. The minimum Gasteiger partial charge on any atom is -0.472 e. The van der Waals surface area contributed by atoms with Crippen LogP contribution in [0.5, 0.6) is 5.75 Å². The summed E-state index contributed by atoms with van der Waals surface area (Å²) in [5, 5.41) is 3.71. The van der Waals surface area contributed by atoms with Gasteiger partial charge in [0.25, 0.3) is 0 Å². The minimum atomic E-state index is -0.625. The van der Waals surface area contributed by atoms with Crippen molar-refractivity contribution in [2.24, 2.45) is 0 Å². The summed E-state index contributed by atoms with van der Waals surface area (Å²) in [6.07, 6.45) is 4.46. The van der Waals surface area contributed by atoms with Crippen LogP contribution < -0.4 is 4.74 Å². The lowest BCUT2D eigenvalue weighted by atomic mass is 9.87. The first-order valence-corrected chi connectivity index (χ1v) is 10.6. The molecule has 1 unspecified atom stereocenters. The summed E-state index contributed by atoms with van der Waals surface area (Å²) in [4.78, 5) is 1.19. The van der Waals surface area contributed by atoms with Gasteiger partial charge in [0.1, 0.15) is 5.75 Å². The van der Waals surface area contributed by atoms with Crippen molar-refractivity contribution >= 4 is 38.3 Å². The van der Waals surface area contributed by atoms with Crippen LogP contribution in [0.15, 0.2) is 103 Å². The fraction of sp³-hybridized carbons (Fsp3) is 0.0370. The first-order chi connectivity index (χ1) is 14.3. The van der Waals surface area contributed by atoms with E-state index in [1.807, 2.05) is 0 Å². The molecule has 0 aliphatic carbocycles. The van der Waals surface area contributed by atoms with Crippen LogP contribution in [0.3, 0.4) is 0 Å². The second kappa shape index (κ2) is 6.33. The van der Waals surface area contributed by atoms with E-state index in [1.165, 1.54) is 25.7 Å². The number of fused-ring (bicyclic) bond motifs is 4. The number of ether oxygens (including phenoxy) is 1. The summed E-state index contributed by atoms with van der Waals surface area (Å²) in [6.45, 7) is 0. The van der Waals surface area contributed by atoms with Crippen LogP contribution in [0.25, 0.3) is 26.9 Å². The van der Waals surface area contributed by atoms with E-state index < -0.39 is 5.60 Å². The summed E-state index contributed by atoms with van der Waals surface area (Å²) in [5.41, 5.74) is 1.66. The highest BCUT2D eigenvalue weighted by Gasteiger charge is 2.38. The molecule has 1 aliphatic heterocycles. The smallest absolute Gasteiger partial charge is 0.187 e. The van der Waals surface area contributed by atoms with Gasteiger partial charge in [-0.25, -0.2) is 0 Å². The Hall–Kier alpha value is -3.36. The van der Waals surface area contributed by atoms with Crippen molar-refractivity contribution in [1.29, 1.82) is 0 Å². The first-order valence-electron chi connectivity index (χ1n) is 9.78. The predicted molar refractivity (Wildman–Crippen MR) is 123 cm³/mol. The van der Waals surface area contributed by atoms with Gasteiger partial charge in [-0.1, -0.05) is 78.9 Å². The second-order valence-electron chi connectivity index (χ2n) is 7.38. The number of benzene rings is 4. The van der Waals surface area contributed by atoms with Crippen molar-refractivity contribution in [2.45, 2.75) is 5.60 Å². The summed E-state index contributed by atoms with van der Waals surface area (Å²) in [6, 6.07) is 34.0. The quantitative estimate of drug-likeness (QED) is 0.305. The third kappa shape index (κ3) is 2.53. The zero-order chi connectivity index (χ0) is 19.3. The van der Waals surface area contributed by atoms with Crippen LogP contribution in [-0.2, 0) is 5.60 Å². The molecule has 2 heteroatoms. The van der Waals surface area contributed by atoms with E-state index in [9.17, 15) is 0 Å². The van der Waals surface area contributed by atoms with Gasteiger partial charge < -0.3 is 4.74 Å². The van der Waals surface area contributed by atoms with Gasteiger partial charge in [-0.2, -0.15) is 0 Å². The van der Waals surface area contributed by atoms with E-state index in [-0.39, 0.29) is 0 Å². The van der Waals surface area contributed by atoms with Crippen LogP contribution >= 0.6 is 11.3 Å². The van der Waals surface area contributed by atoms with Gasteiger partial charge in [0.05, 0.1) is 4.88 Å². The molecule has 0 saturated heterocycles. The van der Waals surface area contributed by atoms with E-state index in [0.717, 1.165) is 16.9 Å². The maximum absolute atomic E-state index is 6.85. The Morgan fingerprint density at radius 3 is 2.31 bits per heavy atom. The molecule has 1 nitrogen and oxygen atoms in total. The Kier molecular flexibility index (Phi) is 3.62. The summed E-state index contributed by atoms with van der Waals surface area (Å²) in [5.74, 6) is 0.924. The zero-order valence-corrected chi connectivity index (χ0v) is 16.5. The van der Waals surface area contributed by atoms with Gasteiger partial charge in [0.2, 0.25) is 0 Å². The molecule has 6 rings (SSSR count). The molecule has 4 aromatic carbocycles. The molecule has 1 aliphatic rings. The van der Waals surface area contributed by atoms with Gasteiger partial charge in [-0.05, 0) is 46.5 Å². The van der Waals surface area contributed by atoms with Gasteiger partial charge in [0.15, 0.2) is 5.60 Å². The number of hydrogen-bond acceptors (Lipinski definition) is 2. The molecule has 1 aromatic heterocycles. The average molecular weight is 391 g/mol. The Morgan fingerprint density at radius 2 is 1.45 bits per heavy atom. The number of hydrogen-bond donors (Lipinski definition) is 0. The van der Waals surface area contributed by atoms with E-state index in [4.69, 9.17) is 4.74 Å². The molecule has 29 heavy (non-hydrogen) atoms. The Bertz CT molecular complexity index is 1350. The molecule has 1 atom stereocenters. The first kappa shape index (κ1) is 16.6. The fourth-order valence-electron chi connectivity index (χ4n) is 4.23. The molecular formula is C27H18OS. The molecule has 0 radical (unpaired) electrons. The van der Waals surface area contributed by atoms with E-state index in [0.29, 0.717) is 0 Å². The highest BCUT2D eigenvalue weighted by atomic mass is 32.1. The van der Waals surface area contributed by atoms with Crippen molar-refractivity contribution < 1.29 is 4.74 Å². The summed E-state index contributed by atoms with van der Waals surface area (Å²) in [7, 11) is 0. The van der Waals surface area contributed by atoms with Crippen LogP contribution in [0.4, 0.5) is 0 Å². The molecule has 0 amide bonds. The van der Waals surface area contributed by atoms with Crippen LogP contribution in [0.1, 0.15) is 16.0 Å². The molecule has 0 N–H and O–H groups in total. The van der Waals surface area contributed by atoms with Crippen molar-refractivity contribution in [1.82, 2.24) is 0 Å². The van der Waals surface area contributed by atoms with Crippen molar-refractivity contribution in [2.75, 3.05) is 0 Å². The van der Waals surface area contributed by atoms with E-state index >= 15 is 0 Å². The van der Waals surface area contributed by atoms with Crippen LogP contribution in [0, 0.1) is 0 Å².